The summed E-state index contributed by atoms with van der Waals surface area (Å²) in [6.07, 6.45) is 6.94. The Balaban J connectivity index is 1.88. The van der Waals surface area contributed by atoms with Crippen LogP contribution in [0.1, 0.15) is 36.1 Å². The summed E-state index contributed by atoms with van der Waals surface area (Å²) < 4.78 is 28.3. The molecular weight excluding hydrogens is 402 g/mol. The lowest BCUT2D eigenvalue weighted by molar-refractivity contribution is 0.488. The summed E-state index contributed by atoms with van der Waals surface area (Å²) in [6.45, 7) is 4.29. The first-order chi connectivity index (χ1) is 14.1. The molecule has 0 saturated carbocycles. The van der Waals surface area contributed by atoms with Crippen molar-refractivity contribution in [2.75, 3.05) is 0 Å². The molecule has 0 spiro atoms. The molecule has 9 heteroatoms. The monoisotopic (exact) mass is 423 g/mol. The van der Waals surface area contributed by atoms with Crippen LogP contribution in [0.5, 0.6) is 5.75 Å². The summed E-state index contributed by atoms with van der Waals surface area (Å²) in [6, 6.07) is 14.8. The van der Waals surface area contributed by atoms with E-state index in [1.165, 1.54) is 18.5 Å². The van der Waals surface area contributed by atoms with Crippen LogP contribution in [0.25, 0.3) is 12.2 Å². The summed E-state index contributed by atoms with van der Waals surface area (Å²) in [4.78, 5) is 3.96. The fourth-order valence-corrected chi connectivity index (χ4v) is 3.17. The number of hydrogen-bond donors (Lipinski definition) is 1. The average molecular weight is 423 g/mol. The maximum absolute atomic E-state index is 11.0. The van der Waals surface area contributed by atoms with Crippen molar-refractivity contribution < 1.29 is 12.6 Å². The number of hydrogen-bond acceptors (Lipinski definition) is 6. The highest BCUT2D eigenvalue weighted by Crippen LogP contribution is 2.26. The topological polar surface area (TPSA) is 124 Å². The van der Waals surface area contributed by atoms with Crippen LogP contribution in [0.3, 0.4) is 0 Å². The SMILES string of the molecule is CC(C)(C#N)c1cc(C=Cc2ccc(OS(N)(=O)=O)cc2)cc(Cn2cncn2)c1. The molecule has 1 heterocycles. The van der Waals surface area contributed by atoms with Crippen molar-refractivity contribution in [3.05, 3.63) is 77.4 Å². The quantitative estimate of drug-likeness (QED) is 0.583. The molecular formula is C21H21N5O3S. The Morgan fingerprint density at radius 3 is 2.47 bits per heavy atom. The maximum atomic E-state index is 11.0. The fraction of sp³-hybridized carbons (Fsp3) is 0.190. The van der Waals surface area contributed by atoms with Gasteiger partial charge in [-0.25, -0.2) is 9.67 Å². The van der Waals surface area contributed by atoms with Crippen molar-refractivity contribution in [1.29, 1.82) is 5.26 Å². The van der Waals surface area contributed by atoms with Gasteiger partial charge >= 0.3 is 10.3 Å². The largest absolute Gasteiger partial charge is 0.380 e. The summed E-state index contributed by atoms with van der Waals surface area (Å²) in [5, 5.41) is 18.5. The van der Waals surface area contributed by atoms with Gasteiger partial charge in [0, 0.05) is 0 Å². The highest BCUT2D eigenvalue weighted by molar-refractivity contribution is 7.84. The van der Waals surface area contributed by atoms with Crippen molar-refractivity contribution in [3.63, 3.8) is 0 Å². The van der Waals surface area contributed by atoms with Gasteiger partial charge in [0.1, 0.15) is 18.4 Å². The van der Waals surface area contributed by atoms with Gasteiger partial charge in [0.15, 0.2) is 0 Å². The molecule has 0 aliphatic rings. The van der Waals surface area contributed by atoms with E-state index in [9.17, 15) is 13.7 Å². The van der Waals surface area contributed by atoms with E-state index in [0.29, 0.717) is 6.54 Å². The molecule has 0 unspecified atom stereocenters. The van der Waals surface area contributed by atoms with E-state index in [1.807, 2.05) is 44.2 Å². The normalized spacial score (nSPS) is 12.1. The Morgan fingerprint density at radius 2 is 1.87 bits per heavy atom. The van der Waals surface area contributed by atoms with Gasteiger partial charge in [-0.3, -0.25) is 0 Å². The van der Waals surface area contributed by atoms with Gasteiger partial charge in [-0.15, -0.1) is 0 Å². The number of nitriles is 1. The lowest BCUT2D eigenvalue weighted by atomic mass is 9.84. The lowest BCUT2D eigenvalue weighted by Gasteiger charge is -2.18. The van der Waals surface area contributed by atoms with Gasteiger partial charge in [0.05, 0.1) is 18.0 Å². The highest BCUT2D eigenvalue weighted by atomic mass is 32.2. The van der Waals surface area contributed by atoms with Gasteiger partial charge in [-0.1, -0.05) is 36.4 Å². The van der Waals surface area contributed by atoms with E-state index in [0.717, 1.165) is 22.3 Å². The molecule has 0 aliphatic heterocycles. The Kier molecular flexibility index (Phi) is 6.01. The predicted octanol–water partition coefficient (Wildman–Crippen LogP) is 2.88. The van der Waals surface area contributed by atoms with Crippen LogP contribution in [0.4, 0.5) is 0 Å². The van der Waals surface area contributed by atoms with Crippen LogP contribution >= 0.6 is 0 Å². The molecule has 0 atom stereocenters. The molecule has 30 heavy (non-hydrogen) atoms. The summed E-state index contributed by atoms with van der Waals surface area (Å²) in [7, 11) is -4.05. The molecule has 8 nitrogen and oxygen atoms in total. The third-order valence-corrected chi connectivity index (χ3v) is 4.81. The zero-order chi connectivity index (χ0) is 21.8. The van der Waals surface area contributed by atoms with E-state index >= 15 is 0 Å². The van der Waals surface area contributed by atoms with Crippen molar-refractivity contribution in [2.24, 2.45) is 5.14 Å². The number of nitrogens with zero attached hydrogens (tertiary/aromatic N) is 4. The molecule has 0 amide bonds. The van der Waals surface area contributed by atoms with E-state index in [2.05, 4.69) is 20.3 Å². The predicted molar refractivity (Wildman–Crippen MR) is 113 cm³/mol. The lowest BCUT2D eigenvalue weighted by Crippen LogP contribution is -2.18. The number of rotatable bonds is 7. The van der Waals surface area contributed by atoms with Gasteiger partial charge in [-0.2, -0.15) is 23.9 Å². The Bertz CT molecular complexity index is 1190. The standard InChI is InChI=1S/C21H21N5O3S/c1-21(2,13-22)19-10-17(9-18(11-19)12-26-15-24-14-25-26)4-3-16-5-7-20(8-6-16)29-30(23,27)28/h3-11,14-15H,12H2,1-2H3,(H2,23,27,28). The van der Waals surface area contributed by atoms with Crippen molar-refractivity contribution in [1.82, 2.24) is 14.8 Å². The molecule has 0 saturated heterocycles. The van der Waals surface area contributed by atoms with Gasteiger partial charge in [-0.05, 0) is 54.3 Å². The molecule has 0 fully saturated rings. The fourth-order valence-electron chi connectivity index (χ4n) is 2.79. The van der Waals surface area contributed by atoms with Crippen LogP contribution in [0, 0.1) is 11.3 Å². The maximum Gasteiger partial charge on any atom is 0.380 e. The molecule has 1 aromatic heterocycles. The number of benzene rings is 2. The molecule has 2 aromatic carbocycles. The number of aromatic nitrogens is 3. The zero-order valence-electron chi connectivity index (χ0n) is 16.6. The first kappa shape index (κ1) is 21.2. The molecule has 154 valence electrons. The Morgan fingerprint density at radius 1 is 1.17 bits per heavy atom. The van der Waals surface area contributed by atoms with E-state index in [-0.39, 0.29) is 5.75 Å². The van der Waals surface area contributed by atoms with Gasteiger partial charge < -0.3 is 4.18 Å². The average Bonchev–Trinajstić information content (AvgIpc) is 3.19. The molecule has 0 bridgehead atoms. The number of nitrogens with two attached hydrogens (primary N) is 1. The Hall–Kier alpha value is -3.48. The second kappa shape index (κ2) is 8.49. The van der Waals surface area contributed by atoms with E-state index in [4.69, 9.17) is 5.14 Å². The molecule has 0 radical (unpaired) electrons. The van der Waals surface area contributed by atoms with Crippen LogP contribution in [0.15, 0.2) is 55.1 Å². The summed E-state index contributed by atoms with van der Waals surface area (Å²) in [5.74, 6) is 0.141. The second-order valence-electron chi connectivity index (χ2n) is 7.27. The third-order valence-electron chi connectivity index (χ3n) is 4.39. The molecule has 2 N–H and O–H groups in total. The summed E-state index contributed by atoms with van der Waals surface area (Å²) >= 11 is 0. The van der Waals surface area contributed by atoms with E-state index < -0.39 is 15.7 Å². The molecule has 0 aliphatic carbocycles. The Labute approximate surface area is 175 Å². The first-order valence-electron chi connectivity index (χ1n) is 9.03. The minimum absolute atomic E-state index is 0.141. The van der Waals surface area contributed by atoms with E-state index in [1.54, 1.807) is 23.1 Å². The van der Waals surface area contributed by atoms with Crippen LogP contribution in [-0.4, -0.2) is 23.2 Å². The van der Waals surface area contributed by atoms with Crippen LogP contribution in [0.2, 0.25) is 0 Å². The van der Waals surface area contributed by atoms with Crippen LogP contribution < -0.4 is 9.32 Å². The van der Waals surface area contributed by atoms with Crippen molar-refractivity contribution in [3.8, 4) is 11.8 Å². The van der Waals surface area contributed by atoms with Gasteiger partial charge in [0.25, 0.3) is 0 Å². The minimum atomic E-state index is -4.05. The van der Waals surface area contributed by atoms with Crippen molar-refractivity contribution >= 4 is 22.5 Å². The van der Waals surface area contributed by atoms with Crippen LogP contribution in [-0.2, 0) is 22.3 Å². The zero-order valence-corrected chi connectivity index (χ0v) is 17.4. The van der Waals surface area contributed by atoms with Crippen molar-refractivity contribution in [2.45, 2.75) is 25.8 Å². The highest BCUT2D eigenvalue weighted by Gasteiger charge is 2.20. The third kappa shape index (κ3) is 5.76. The molecule has 3 aromatic rings. The second-order valence-corrected chi connectivity index (χ2v) is 8.42. The summed E-state index contributed by atoms with van der Waals surface area (Å²) in [5.41, 5.74) is 3.03. The smallest absolute Gasteiger partial charge is 0.371 e. The first-order valence-corrected chi connectivity index (χ1v) is 10.5. The molecule has 3 rings (SSSR count). The van der Waals surface area contributed by atoms with Gasteiger partial charge in [0.2, 0.25) is 0 Å². The minimum Gasteiger partial charge on any atom is -0.371 e.